The lowest BCUT2D eigenvalue weighted by Crippen LogP contribution is -2.27. The maximum absolute atomic E-state index is 12.7. The zero-order chi connectivity index (χ0) is 17.9. The number of likely N-dealkylation sites (tertiary alicyclic amines) is 1. The second-order valence-electron chi connectivity index (χ2n) is 6.58. The second-order valence-corrected chi connectivity index (χ2v) is 6.58. The van der Waals surface area contributed by atoms with Crippen molar-refractivity contribution in [2.45, 2.75) is 11.8 Å². The minimum absolute atomic E-state index is 0.000721. The van der Waals surface area contributed by atoms with Crippen LogP contribution in [0.1, 0.15) is 28.8 Å². The number of nitrogens with one attached hydrogen (secondary N) is 1. The zero-order valence-corrected chi connectivity index (χ0v) is 14.5. The predicted molar refractivity (Wildman–Crippen MR) is 97.1 cm³/mol. The van der Waals surface area contributed by atoms with Gasteiger partial charge in [-0.2, -0.15) is 5.21 Å². The normalized spacial score (nSPS) is 20.1. The molecule has 0 aliphatic carbocycles. The molecule has 2 atom stereocenters. The van der Waals surface area contributed by atoms with Crippen molar-refractivity contribution in [2.24, 2.45) is 7.05 Å². The van der Waals surface area contributed by atoms with Crippen molar-refractivity contribution >= 4 is 12.0 Å². The largest absolute Gasteiger partial charge is 0.357 e. The van der Waals surface area contributed by atoms with Crippen LogP contribution in [0.3, 0.4) is 0 Å². The lowest BCUT2D eigenvalue weighted by molar-refractivity contribution is -0.125. The Labute approximate surface area is 151 Å². The van der Waals surface area contributed by atoms with E-state index in [0.29, 0.717) is 18.9 Å². The minimum Gasteiger partial charge on any atom is -0.357 e. The van der Waals surface area contributed by atoms with Gasteiger partial charge in [0.05, 0.1) is 0 Å². The third kappa shape index (κ3) is 3.28. The molecule has 7 nitrogen and oxygen atoms in total. The molecule has 1 saturated heterocycles. The molecule has 7 heteroatoms. The summed E-state index contributed by atoms with van der Waals surface area (Å²) >= 11 is 0. The standard InChI is InChI=1S/C19H20N6O/c1-24-10-9-14(11-24)7-8-18(26)25-12-16(15-5-3-2-4-6-15)17(13-25)19-20-22-23-21-19/h2-11,16-17H,12-13H2,1H3,(H,20,21,22,23)/b8-7+/t16-,17+/m1/s1. The molecule has 3 aromatic rings. The number of benzene rings is 1. The van der Waals surface area contributed by atoms with Gasteiger partial charge in [-0.05, 0) is 23.3 Å². The van der Waals surface area contributed by atoms with Gasteiger partial charge in [-0.25, -0.2) is 0 Å². The molecule has 1 aliphatic heterocycles. The van der Waals surface area contributed by atoms with Crippen molar-refractivity contribution in [3.05, 3.63) is 71.8 Å². The summed E-state index contributed by atoms with van der Waals surface area (Å²) in [7, 11) is 1.96. The molecule has 132 valence electrons. The summed E-state index contributed by atoms with van der Waals surface area (Å²) in [5.74, 6) is 0.843. The van der Waals surface area contributed by atoms with Crippen LogP contribution in [0.5, 0.6) is 0 Å². The van der Waals surface area contributed by atoms with Gasteiger partial charge >= 0.3 is 0 Å². The number of nitrogens with zero attached hydrogens (tertiary/aromatic N) is 5. The highest BCUT2D eigenvalue weighted by Crippen LogP contribution is 2.38. The van der Waals surface area contributed by atoms with Gasteiger partial charge in [-0.1, -0.05) is 35.5 Å². The summed E-state index contributed by atoms with van der Waals surface area (Å²) in [6.45, 7) is 1.22. The van der Waals surface area contributed by atoms with Crippen LogP contribution in [0.4, 0.5) is 0 Å². The number of amides is 1. The third-order valence-corrected chi connectivity index (χ3v) is 4.83. The number of aromatic nitrogens is 5. The van der Waals surface area contributed by atoms with E-state index in [9.17, 15) is 4.79 Å². The van der Waals surface area contributed by atoms with E-state index in [0.717, 1.165) is 5.56 Å². The molecule has 1 fully saturated rings. The summed E-state index contributed by atoms with van der Waals surface area (Å²) < 4.78 is 1.96. The van der Waals surface area contributed by atoms with Gasteiger partial charge in [0, 0.05) is 50.4 Å². The van der Waals surface area contributed by atoms with Gasteiger partial charge in [0.25, 0.3) is 0 Å². The van der Waals surface area contributed by atoms with Crippen molar-refractivity contribution in [2.75, 3.05) is 13.1 Å². The molecular formula is C19H20N6O. The molecule has 1 aromatic carbocycles. The zero-order valence-electron chi connectivity index (χ0n) is 14.5. The van der Waals surface area contributed by atoms with E-state index in [4.69, 9.17) is 0 Å². The molecule has 0 unspecified atom stereocenters. The van der Waals surface area contributed by atoms with Crippen molar-refractivity contribution in [1.29, 1.82) is 0 Å². The maximum Gasteiger partial charge on any atom is 0.246 e. The van der Waals surface area contributed by atoms with Crippen molar-refractivity contribution in [3.63, 3.8) is 0 Å². The molecule has 0 radical (unpaired) electrons. The van der Waals surface area contributed by atoms with E-state index in [1.165, 1.54) is 5.56 Å². The van der Waals surface area contributed by atoms with Gasteiger partial charge in [0.15, 0.2) is 5.82 Å². The van der Waals surface area contributed by atoms with Crippen LogP contribution in [0.25, 0.3) is 6.08 Å². The van der Waals surface area contributed by atoms with E-state index in [-0.39, 0.29) is 17.7 Å². The Morgan fingerprint density at radius 2 is 2.00 bits per heavy atom. The highest BCUT2D eigenvalue weighted by molar-refractivity contribution is 5.92. The predicted octanol–water partition coefficient (Wildman–Crippen LogP) is 1.96. The molecule has 0 saturated carbocycles. The topological polar surface area (TPSA) is 79.7 Å². The second kappa shape index (κ2) is 6.95. The summed E-state index contributed by atoms with van der Waals surface area (Å²) in [6.07, 6.45) is 7.41. The summed E-state index contributed by atoms with van der Waals surface area (Å²) in [5, 5.41) is 14.5. The fraction of sp³-hybridized carbons (Fsp3) is 0.263. The number of hydrogen-bond donors (Lipinski definition) is 1. The molecule has 4 rings (SSSR count). The van der Waals surface area contributed by atoms with Crippen molar-refractivity contribution in [3.8, 4) is 0 Å². The highest BCUT2D eigenvalue weighted by atomic mass is 16.2. The molecule has 1 aliphatic rings. The van der Waals surface area contributed by atoms with Gasteiger partial charge in [0.2, 0.25) is 5.91 Å². The van der Waals surface area contributed by atoms with Crippen LogP contribution in [0.15, 0.2) is 54.9 Å². The van der Waals surface area contributed by atoms with Crippen LogP contribution in [-0.4, -0.2) is 49.1 Å². The van der Waals surface area contributed by atoms with Crippen LogP contribution in [0.2, 0.25) is 0 Å². The Bertz CT molecular complexity index is 899. The summed E-state index contributed by atoms with van der Waals surface area (Å²) in [5.41, 5.74) is 2.19. The number of tetrazole rings is 1. The van der Waals surface area contributed by atoms with E-state index < -0.39 is 0 Å². The first kappa shape index (κ1) is 16.3. The number of rotatable bonds is 4. The van der Waals surface area contributed by atoms with E-state index in [1.54, 1.807) is 6.08 Å². The van der Waals surface area contributed by atoms with Crippen LogP contribution in [0, 0.1) is 0 Å². The minimum atomic E-state index is 0.000721. The Morgan fingerprint density at radius 3 is 2.69 bits per heavy atom. The van der Waals surface area contributed by atoms with E-state index >= 15 is 0 Å². The molecule has 0 spiro atoms. The monoisotopic (exact) mass is 348 g/mol. The quantitative estimate of drug-likeness (QED) is 0.731. The number of carbonyl (C=O) groups excluding carboxylic acids is 1. The van der Waals surface area contributed by atoms with E-state index in [1.807, 2.05) is 59.2 Å². The molecule has 1 N–H and O–H groups in total. The number of hydrogen-bond acceptors (Lipinski definition) is 4. The van der Waals surface area contributed by atoms with Gasteiger partial charge < -0.3 is 9.47 Å². The fourth-order valence-electron chi connectivity index (χ4n) is 3.51. The fourth-order valence-corrected chi connectivity index (χ4v) is 3.51. The lowest BCUT2D eigenvalue weighted by atomic mass is 9.88. The number of aryl methyl sites for hydroxylation is 1. The number of H-pyrrole nitrogens is 1. The van der Waals surface area contributed by atoms with Crippen molar-refractivity contribution in [1.82, 2.24) is 30.1 Å². The number of carbonyl (C=O) groups is 1. The first-order chi connectivity index (χ1) is 12.7. The summed E-state index contributed by atoms with van der Waals surface area (Å²) in [4.78, 5) is 14.5. The Balaban J connectivity index is 1.54. The molecule has 3 heterocycles. The molecule has 26 heavy (non-hydrogen) atoms. The third-order valence-electron chi connectivity index (χ3n) is 4.83. The first-order valence-electron chi connectivity index (χ1n) is 8.58. The number of aromatic amines is 1. The van der Waals surface area contributed by atoms with Crippen LogP contribution < -0.4 is 0 Å². The summed E-state index contributed by atoms with van der Waals surface area (Å²) in [6, 6.07) is 12.2. The van der Waals surface area contributed by atoms with E-state index in [2.05, 4.69) is 32.8 Å². The molecule has 1 amide bonds. The van der Waals surface area contributed by atoms with Crippen LogP contribution in [-0.2, 0) is 11.8 Å². The maximum atomic E-state index is 12.7. The lowest BCUT2D eigenvalue weighted by Gasteiger charge is -2.15. The van der Waals surface area contributed by atoms with Crippen molar-refractivity contribution < 1.29 is 4.79 Å². The molecule has 2 aromatic heterocycles. The van der Waals surface area contributed by atoms with Gasteiger partial charge in [-0.15, -0.1) is 10.2 Å². The average Bonchev–Trinajstić information content (AvgIpc) is 3.40. The SMILES string of the molecule is Cn1ccc(/C=C/C(=O)N2C[C@H](c3ccccc3)[C@@H](c3nn[nH]n3)C2)c1. The first-order valence-corrected chi connectivity index (χ1v) is 8.58. The molecular weight excluding hydrogens is 328 g/mol. The Morgan fingerprint density at radius 1 is 1.19 bits per heavy atom. The Kier molecular flexibility index (Phi) is 4.35. The van der Waals surface area contributed by atoms with Gasteiger partial charge in [-0.3, -0.25) is 4.79 Å². The average molecular weight is 348 g/mol. The Hall–Kier alpha value is -3.22. The smallest absolute Gasteiger partial charge is 0.246 e. The van der Waals surface area contributed by atoms with Crippen LogP contribution >= 0.6 is 0 Å². The highest BCUT2D eigenvalue weighted by Gasteiger charge is 2.38. The molecule has 0 bridgehead atoms. The van der Waals surface area contributed by atoms with Gasteiger partial charge in [0.1, 0.15) is 0 Å².